The van der Waals surface area contributed by atoms with Gasteiger partial charge in [0.1, 0.15) is 11.6 Å². The van der Waals surface area contributed by atoms with Gasteiger partial charge in [-0.2, -0.15) is 0 Å². The molecule has 3 rings (SSSR count). The summed E-state index contributed by atoms with van der Waals surface area (Å²) in [6, 6.07) is 13.1. The highest BCUT2D eigenvalue weighted by Crippen LogP contribution is 2.12. The third kappa shape index (κ3) is 4.10. The maximum absolute atomic E-state index is 12.2. The Balaban J connectivity index is 1.65. The normalized spacial score (nSPS) is 10.1. The minimum absolute atomic E-state index is 0.154. The monoisotopic (exact) mass is 305 g/mol. The van der Waals surface area contributed by atoms with Gasteiger partial charge in [-0.15, -0.1) is 0 Å². The van der Waals surface area contributed by atoms with Gasteiger partial charge < -0.3 is 10.6 Å². The van der Waals surface area contributed by atoms with Crippen LogP contribution in [0.3, 0.4) is 0 Å². The van der Waals surface area contributed by atoms with E-state index in [9.17, 15) is 4.79 Å². The van der Waals surface area contributed by atoms with Gasteiger partial charge in [-0.05, 0) is 17.7 Å². The third-order valence-electron chi connectivity index (χ3n) is 3.14. The van der Waals surface area contributed by atoms with Crippen molar-refractivity contribution < 1.29 is 4.79 Å². The molecule has 0 saturated heterocycles. The van der Waals surface area contributed by atoms with E-state index < -0.39 is 0 Å². The van der Waals surface area contributed by atoms with Crippen LogP contribution in [0.15, 0.2) is 67.3 Å². The van der Waals surface area contributed by atoms with Crippen molar-refractivity contribution in [3.8, 4) is 0 Å². The Bertz CT molecular complexity index is 777. The minimum Gasteiger partial charge on any atom is -0.348 e. The van der Waals surface area contributed by atoms with E-state index >= 15 is 0 Å². The summed E-state index contributed by atoms with van der Waals surface area (Å²) in [4.78, 5) is 24.5. The molecule has 0 atom stereocenters. The van der Waals surface area contributed by atoms with Crippen molar-refractivity contribution in [1.29, 1.82) is 0 Å². The molecule has 0 spiro atoms. The predicted molar refractivity (Wildman–Crippen MR) is 87.2 cm³/mol. The molecule has 2 aromatic heterocycles. The van der Waals surface area contributed by atoms with Crippen molar-refractivity contribution in [1.82, 2.24) is 20.3 Å². The van der Waals surface area contributed by atoms with Crippen molar-refractivity contribution >= 4 is 17.5 Å². The van der Waals surface area contributed by atoms with E-state index in [1.54, 1.807) is 36.9 Å². The first-order chi connectivity index (χ1) is 11.3. The van der Waals surface area contributed by atoms with Gasteiger partial charge in [0.05, 0.1) is 6.20 Å². The molecule has 2 N–H and O–H groups in total. The van der Waals surface area contributed by atoms with Crippen LogP contribution in [-0.4, -0.2) is 20.9 Å². The lowest BCUT2D eigenvalue weighted by Crippen LogP contribution is -2.22. The van der Waals surface area contributed by atoms with Gasteiger partial charge in [0.2, 0.25) is 0 Å². The van der Waals surface area contributed by atoms with E-state index in [0.717, 1.165) is 5.56 Å². The lowest BCUT2D eigenvalue weighted by Gasteiger charge is -2.07. The molecule has 0 aliphatic rings. The van der Waals surface area contributed by atoms with Crippen LogP contribution in [0.25, 0.3) is 0 Å². The Morgan fingerprint density at radius 3 is 2.57 bits per heavy atom. The van der Waals surface area contributed by atoms with Crippen LogP contribution in [0.1, 0.15) is 15.9 Å². The molecule has 0 fully saturated rings. The number of anilines is 2. The van der Waals surface area contributed by atoms with Crippen molar-refractivity contribution in [2.45, 2.75) is 6.54 Å². The molecule has 6 heteroatoms. The van der Waals surface area contributed by atoms with Crippen LogP contribution in [0.2, 0.25) is 0 Å². The topological polar surface area (TPSA) is 79.8 Å². The second-order valence-corrected chi connectivity index (χ2v) is 4.81. The molecule has 6 nitrogen and oxygen atoms in total. The van der Waals surface area contributed by atoms with Crippen molar-refractivity contribution in [2.75, 3.05) is 5.32 Å². The highest BCUT2D eigenvalue weighted by atomic mass is 16.1. The fourth-order valence-corrected chi connectivity index (χ4v) is 2.02. The van der Waals surface area contributed by atoms with Gasteiger partial charge in [0.25, 0.3) is 5.91 Å². The molecule has 0 aliphatic heterocycles. The summed E-state index contributed by atoms with van der Waals surface area (Å²) in [5.41, 5.74) is 1.58. The summed E-state index contributed by atoms with van der Waals surface area (Å²) in [7, 11) is 0. The van der Waals surface area contributed by atoms with Gasteiger partial charge in [0, 0.05) is 30.7 Å². The quantitative estimate of drug-likeness (QED) is 0.757. The first kappa shape index (κ1) is 14.6. The largest absolute Gasteiger partial charge is 0.348 e. The lowest BCUT2D eigenvalue weighted by atomic mass is 10.2. The predicted octanol–water partition coefficient (Wildman–Crippen LogP) is 2.55. The minimum atomic E-state index is -0.154. The van der Waals surface area contributed by atoms with Crippen molar-refractivity contribution in [3.63, 3.8) is 0 Å². The molecule has 0 unspecified atom stereocenters. The number of hydrogen-bond donors (Lipinski definition) is 2. The van der Waals surface area contributed by atoms with E-state index in [2.05, 4.69) is 25.6 Å². The Morgan fingerprint density at radius 2 is 1.78 bits per heavy atom. The fourth-order valence-electron chi connectivity index (χ4n) is 2.02. The van der Waals surface area contributed by atoms with Gasteiger partial charge in [0.15, 0.2) is 0 Å². The highest BCUT2D eigenvalue weighted by molar-refractivity contribution is 5.94. The number of carbonyl (C=O) groups excluding carboxylic acids is 1. The lowest BCUT2D eigenvalue weighted by molar-refractivity contribution is 0.0951. The zero-order chi connectivity index (χ0) is 15.9. The number of nitrogens with zero attached hydrogens (tertiary/aromatic N) is 3. The summed E-state index contributed by atoms with van der Waals surface area (Å²) >= 11 is 0. The van der Waals surface area contributed by atoms with E-state index in [-0.39, 0.29) is 5.91 Å². The number of hydrogen-bond acceptors (Lipinski definition) is 5. The molecule has 2 heterocycles. The molecule has 114 valence electrons. The zero-order valence-electron chi connectivity index (χ0n) is 12.3. The van der Waals surface area contributed by atoms with E-state index in [0.29, 0.717) is 23.7 Å². The average Bonchev–Trinajstić information content (AvgIpc) is 2.62. The second kappa shape index (κ2) is 7.13. The van der Waals surface area contributed by atoms with E-state index in [4.69, 9.17) is 0 Å². The molecular weight excluding hydrogens is 290 g/mol. The van der Waals surface area contributed by atoms with Crippen LogP contribution in [0.5, 0.6) is 0 Å². The van der Waals surface area contributed by atoms with Crippen LogP contribution >= 0.6 is 0 Å². The molecule has 0 aliphatic carbocycles. The second-order valence-electron chi connectivity index (χ2n) is 4.81. The van der Waals surface area contributed by atoms with Crippen molar-refractivity contribution in [2.24, 2.45) is 0 Å². The molecule has 0 radical (unpaired) electrons. The van der Waals surface area contributed by atoms with Gasteiger partial charge >= 0.3 is 0 Å². The number of pyridine rings is 1. The summed E-state index contributed by atoms with van der Waals surface area (Å²) in [5, 5.41) is 5.89. The van der Waals surface area contributed by atoms with E-state index in [1.807, 2.05) is 30.3 Å². The molecule has 3 aromatic rings. The first-order valence-corrected chi connectivity index (χ1v) is 7.12. The number of amides is 1. The first-order valence-electron chi connectivity index (χ1n) is 7.12. The van der Waals surface area contributed by atoms with Gasteiger partial charge in [-0.3, -0.25) is 9.78 Å². The number of nitrogens with one attached hydrogen (secondary N) is 2. The Kier molecular flexibility index (Phi) is 4.54. The summed E-state index contributed by atoms with van der Waals surface area (Å²) in [5.74, 6) is 0.957. The van der Waals surface area contributed by atoms with E-state index in [1.165, 1.54) is 0 Å². The molecular formula is C17H15N5O. The Hall–Kier alpha value is -3.28. The summed E-state index contributed by atoms with van der Waals surface area (Å²) < 4.78 is 0. The van der Waals surface area contributed by atoms with Crippen LogP contribution in [0.4, 0.5) is 11.6 Å². The maximum Gasteiger partial charge on any atom is 0.251 e. The summed E-state index contributed by atoms with van der Waals surface area (Å²) in [6.45, 7) is 0.481. The Labute approximate surface area is 133 Å². The Morgan fingerprint density at radius 1 is 0.957 bits per heavy atom. The number of rotatable bonds is 5. The SMILES string of the molecule is O=C(NCc1ccccc1)c1ccnc(Nc2cnccn2)c1. The zero-order valence-corrected chi connectivity index (χ0v) is 12.3. The fraction of sp³-hybridized carbons (Fsp3) is 0.0588. The molecule has 0 saturated carbocycles. The summed E-state index contributed by atoms with van der Waals surface area (Å²) in [6.07, 6.45) is 6.34. The number of aromatic nitrogens is 3. The molecule has 1 amide bonds. The number of carbonyl (C=O) groups is 1. The average molecular weight is 305 g/mol. The number of benzene rings is 1. The van der Waals surface area contributed by atoms with Crippen LogP contribution < -0.4 is 10.6 Å². The highest BCUT2D eigenvalue weighted by Gasteiger charge is 2.07. The smallest absolute Gasteiger partial charge is 0.251 e. The van der Waals surface area contributed by atoms with Crippen LogP contribution in [0, 0.1) is 0 Å². The third-order valence-corrected chi connectivity index (χ3v) is 3.14. The molecule has 0 bridgehead atoms. The van der Waals surface area contributed by atoms with Gasteiger partial charge in [-0.1, -0.05) is 30.3 Å². The van der Waals surface area contributed by atoms with Crippen molar-refractivity contribution in [3.05, 3.63) is 78.4 Å². The van der Waals surface area contributed by atoms with Crippen LogP contribution in [-0.2, 0) is 6.54 Å². The maximum atomic E-state index is 12.2. The molecule has 23 heavy (non-hydrogen) atoms. The standard InChI is InChI=1S/C17H15N5O/c23-17(21-11-13-4-2-1-3-5-13)14-6-7-19-15(10-14)22-16-12-18-8-9-20-16/h1-10,12H,11H2,(H,21,23)(H,19,20,22). The van der Waals surface area contributed by atoms with Gasteiger partial charge in [-0.25, -0.2) is 9.97 Å². The molecule has 1 aromatic carbocycles.